The second kappa shape index (κ2) is 17.4. The van der Waals surface area contributed by atoms with E-state index in [1.54, 1.807) is 72.0 Å². The Bertz CT molecular complexity index is 2250. The van der Waals surface area contributed by atoms with Crippen molar-refractivity contribution in [1.29, 1.82) is 0 Å². The van der Waals surface area contributed by atoms with Crippen LogP contribution in [-0.2, 0) is 14.2 Å². The summed E-state index contributed by atoms with van der Waals surface area (Å²) in [5, 5.41) is 2.49. The van der Waals surface area contributed by atoms with Crippen LogP contribution in [0.25, 0.3) is 22.5 Å². The first-order valence-corrected chi connectivity index (χ1v) is 18.3. The summed E-state index contributed by atoms with van der Waals surface area (Å²) in [6.45, 7) is 15.7. The number of nitrogens with zero attached hydrogens (tertiary/aromatic N) is 4. The third kappa shape index (κ3) is 12.7. The van der Waals surface area contributed by atoms with Gasteiger partial charge in [-0.3, -0.25) is 5.32 Å². The van der Waals surface area contributed by atoms with Crippen LogP contribution in [0.1, 0.15) is 73.4 Å². The monoisotopic (exact) mass is 880 g/mol. The maximum Gasteiger partial charge on any atom is 0.421 e. The van der Waals surface area contributed by atoms with E-state index in [9.17, 15) is 23.2 Å². The fourth-order valence-corrected chi connectivity index (χ4v) is 5.08. The fraction of sp³-hybridized carbons (Fsp3) is 0.293. The normalized spacial score (nSPS) is 11.4. The summed E-state index contributed by atoms with van der Waals surface area (Å²) in [7, 11) is 0. The largest absolute Gasteiger partial charge is 0.444 e. The van der Waals surface area contributed by atoms with E-state index in [4.69, 9.17) is 19.9 Å². The average Bonchev–Trinajstić information content (AvgIpc) is 3.65. The molecule has 12 nitrogen and oxygen atoms in total. The Morgan fingerprint density at radius 2 is 1.11 bits per heavy atom. The van der Waals surface area contributed by atoms with Crippen molar-refractivity contribution < 1.29 is 37.4 Å². The number of nitrogens with one attached hydrogen (secondary N) is 1. The summed E-state index contributed by atoms with van der Waals surface area (Å²) in [5.74, 6) is 4.20. The number of rotatable bonds is 3. The van der Waals surface area contributed by atoms with Crippen molar-refractivity contribution in [2.75, 3.05) is 11.1 Å². The Labute approximate surface area is 337 Å². The molecule has 0 radical (unpaired) electrons. The molecule has 1 amide bonds. The second-order valence-corrected chi connectivity index (χ2v) is 16.5. The summed E-state index contributed by atoms with van der Waals surface area (Å²) in [4.78, 5) is 45.7. The van der Waals surface area contributed by atoms with Crippen LogP contribution in [0.2, 0.25) is 0 Å². The van der Waals surface area contributed by atoms with Crippen LogP contribution in [0.5, 0.6) is 0 Å². The lowest BCUT2D eigenvalue weighted by atomic mass is 10.1. The summed E-state index contributed by atoms with van der Waals surface area (Å²) in [6.07, 6.45) is 0.955. The second-order valence-electron chi connectivity index (χ2n) is 15.2. The van der Waals surface area contributed by atoms with Gasteiger partial charge in [-0.25, -0.2) is 42.3 Å². The third-order valence-corrected chi connectivity index (χ3v) is 7.57. The number of amides is 1. The van der Waals surface area contributed by atoms with Gasteiger partial charge in [0.15, 0.2) is 0 Å². The van der Waals surface area contributed by atoms with Crippen molar-refractivity contribution >= 4 is 52.8 Å². The molecule has 3 aromatic carbocycles. The van der Waals surface area contributed by atoms with Crippen molar-refractivity contribution in [2.24, 2.45) is 0 Å². The maximum atomic E-state index is 13.4. The van der Waals surface area contributed by atoms with Gasteiger partial charge >= 0.3 is 18.3 Å². The fourth-order valence-electron chi connectivity index (χ4n) is 4.72. The van der Waals surface area contributed by atoms with Crippen LogP contribution in [0.4, 0.5) is 35.1 Å². The Kier molecular flexibility index (Phi) is 13.3. The molecule has 294 valence electrons. The molecule has 0 bridgehead atoms. The molecule has 0 saturated carbocycles. The van der Waals surface area contributed by atoms with E-state index in [0.717, 1.165) is 31.9 Å². The van der Waals surface area contributed by atoms with E-state index >= 15 is 0 Å². The number of anilines is 2. The Balaban J connectivity index is 0.000000293. The predicted molar refractivity (Wildman–Crippen MR) is 218 cm³/mol. The molecule has 5 rings (SSSR count). The predicted octanol–water partition coefficient (Wildman–Crippen LogP) is 9.88. The first-order chi connectivity index (χ1) is 26.0. The Hall–Kier alpha value is -5.76. The third-order valence-electron chi connectivity index (χ3n) is 6.85. The molecule has 0 aliphatic carbocycles. The minimum Gasteiger partial charge on any atom is -0.444 e. The molecule has 0 atom stereocenters. The number of carbonyl (C=O) groups excluding carboxylic acids is 3. The van der Waals surface area contributed by atoms with Crippen LogP contribution in [-0.4, -0.2) is 54.2 Å². The minimum atomic E-state index is -0.794. The number of benzene rings is 3. The Morgan fingerprint density at radius 3 is 1.62 bits per heavy atom. The van der Waals surface area contributed by atoms with Gasteiger partial charge in [0.1, 0.15) is 28.4 Å². The number of hydrogen-bond acceptors (Lipinski definition) is 9. The molecule has 0 aliphatic rings. The van der Waals surface area contributed by atoms with Gasteiger partial charge in [0.25, 0.3) is 0 Å². The molecule has 15 heteroatoms. The smallest absolute Gasteiger partial charge is 0.421 e. The first kappa shape index (κ1) is 43.0. The van der Waals surface area contributed by atoms with Crippen LogP contribution < -0.4 is 11.1 Å². The number of nitrogen functional groups attached to an aromatic ring is 1. The van der Waals surface area contributed by atoms with Crippen molar-refractivity contribution in [2.45, 2.75) is 79.1 Å². The van der Waals surface area contributed by atoms with E-state index < -0.39 is 46.7 Å². The van der Waals surface area contributed by atoms with Crippen LogP contribution in [0, 0.1) is 27.0 Å². The zero-order valence-corrected chi connectivity index (χ0v) is 34.6. The van der Waals surface area contributed by atoms with Crippen LogP contribution >= 0.6 is 22.6 Å². The maximum absolute atomic E-state index is 13.4. The number of imidazole rings is 2. The van der Waals surface area contributed by atoms with Gasteiger partial charge in [0.2, 0.25) is 11.9 Å². The quantitative estimate of drug-likeness (QED) is 0.102. The van der Waals surface area contributed by atoms with Gasteiger partial charge in [-0.2, -0.15) is 0 Å². The van der Waals surface area contributed by atoms with Crippen LogP contribution in [0.15, 0.2) is 79.1 Å². The molecular weight excluding hydrogens is 837 g/mol. The van der Waals surface area contributed by atoms with Gasteiger partial charge in [-0.1, -0.05) is 36.1 Å². The molecule has 2 aromatic heterocycles. The Morgan fingerprint density at radius 1 is 0.661 bits per heavy atom. The minimum absolute atomic E-state index is 0.0644. The van der Waals surface area contributed by atoms with E-state index in [1.165, 1.54) is 10.8 Å². The van der Waals surface area contributed by atoms with Crippen molar-refractivity contribution in [1.82, 2.24) is 19.1 Å². The molecule has 0 aliphatic heterocycles. The number of carbonyl (C=O) groups is 3. The molecule has 0 fully saturated rings. The highest BCUT2D eigenvalue weighted by molar-refractivity contribution is 14.1. The number of nitrogens with two attached hydrogens (primary N) is 1. The summed E-state index contributed by atoms with van der Waals surface area (Å²) >= 11 is 2.22. The molecule has 56 heavy (non-hydrogen) atoms. The van der Waals surface area contributed by atoms with Gasteiger partial charge < -0.3 is 19.9 Å². The molecular formula is C41H43F2IN6O6. The zero-order chi connectivity index (χ0) is 41.6. The van der Waals surface area contributed by atoms with Crippen molar-refractivity contribution in [3.05, 3.63) is 105 Å². The number of halogens is 3. The number of aromatic nitrogens is 4. The molecule has 2 heterocycles. The van der Waals surface area contributed by atoms with E-state index in [2.05, 4.69) is 49.7 Å². The molecule has 0 spiro atoms. The average molecular weight is 881 g/mol. The lowest BCUT2D eigenvalue weighted by molar-refractivity contribution is 0.0529. The van der Waals surface area contributed by atoms with E-state index in [-0.39, 0.29) is 17.5 Å². The van der Waals surface area contributed by atoms with Gasteiger partial charge in [-0.05, 0) is 121 Å². The molecule has 0 saturated heterocycles. The zero-order valence-electron chi connectivity index (χ0n) is 32.5. The topological polar surface area (TPSA) is 153 Å². The summed E-state index contributed by atoms with van der Waals surface area (Å²) in [6, 6.07) is 17.6. The first-order valence-electron chi connectivity index (χ1n) is 17.2. The summed E-state index contributed by atoms with van der Waals surface area (Å²) < 4.78 is 46.4. The van der Waals surface area contributed by atoms with Gasteiger partial charge in [0, 0.05) is 31.9 Å². The van der Waals surface area contributed by atoms with Crippen molar-refractivity contribution in [3.8, 4) is 34.4 Å². The van der Waals surface area contributed by atoms with Crippen molar-refractivity contribution in [3.63, 3.8) is 0 Å². The lowest BCUT2D eigenvalue weighted by Gasteiger charge is -2.22. The standard InChI is InChI=1S/C27H27F2N3O4.C14H16IN3O2/c1-26(2,3)35-24(33)31-23-30-16-22(32(23)25(34)36-27(4,5)6)19-11-9-17(10-12-19)7-8-18-13-20(28)15-21(29)14-18;1-14(2,3)20-13(19)18-11(8-17-12(18)16)9-4-6-10(15)7-5-9/h9-16H,1-6H3,(H,30,31,33);4-8H,1-3H3,(H2,16,17). The van der Waals surface area contributed by atoms with Gasteiger partial charge in [-0.15, -0.1) is 0 Å². The highest BCUT2D eigenvalue weighted by Gasteiger charge is 2.27. The summed E-state index contributed by atoms with van der Waals surface area (Å²) in [5.41, 5.74) is 6.87. The highest BCUT2D eigenvalue weighted by Crippen LogP contribution is 2.27. The SMILES string of the molecule is CC(C)(C)OC(=O)Nc1ncc(-c2ccc(C#Cc3cc(F)cc(F)c3)cc2)n1C(=O)OC(C)(C)C.CC(C)(C)OC(=O)n1c(-c2ccc(I)cc2)cnc1N. The highest BCUT2D eigenvalue weighted by atomic mass is 127. The van der Waals surface area contributed by atoms with Gasteiger partial charge in [0.05, 0.1) is 23.8 Å². The molecule has 3 N–H and O–H groups in total. The van der Waals surface area contributed by atoms with E-state index in [0.29, 0.717) is 22.5 Å². The molecule has 0 unspecified atom stereocenters. The number of ether oxygens (including phenoxy) is 3. The van der Waals surface area contributed by atoms with E-state index in [1.807, 2.05) is 45.0 Å². The lowest BCUT2D eigenvalue weighted by Crippen LogP contribution is -2.31. The van der Waals surface area contributed by atoms with Crippen LogP contribution in [0.3, 0.4) is 0 Å². The molecule has 5 aromatic rings. The number of hydrogen-bond donors (Lipinski definition) is 2.